The predicted octanol–water partition coefficient (Wildman–Crippen LogP) is 1.46. The normalized spacial score (nSPS) is 15.1. The first-order valence-corrected chi connectivity index (χ1v) is 8.94. The summed E-state index contributed by atoms with van der Waals surface area (Å²) in [5.41, 5.74) is 0. The molecule has 126 valence electrons. The molecule has 1 aliphatic rings. The Morgan fingerprint density at radius 2 is 2.30 bits per heavy atom. The quantitative estimate of drug-likeness (QED) is 0.429. The first-order chi connectivity index (χ1) is 11.0. The van der Waals surface area contributed by atoms with Crippen molar-refractivity contribution in [3.05, 3.63) is 20.8 Å². The number of urea groups is 1. The third kappa shape index (κ3) is 4.93. The molecule has 0 bridgehead atoms. The molecule has 0 saturated carbocycles. The number of carbonyl (C=O) groups is 2. The first-order valence-electron chi connectivity index (χ1n) is 7.33. The molecule has 1 fully saturated rings. The van der Waals surface area contributed by atoms with Gasteiger partial charge in [-0.1, -0.05) is 0 Å². The number of halogens is 1. The Balaban J connectivity index is 1.93. The molecular weight excluding hydrogens is 382 g/mol. The molecule has 0 atom stereocenters. The molecule has 7 nitrogen and oxygen atoms in total. The number of nitrogens with zero attached hydrogens (tertiary/aromatic N) is 3. The molecule has 0 spiro atoms. The van der Waals surface area contributed by atoms with Gasteiger partial charge in [-0.3, -0.25) is 14.7 Å². The lowest BCUT2D eigenvalue weighted by Crippen LogP contribution is -2.39. The van der Waals surface area contributed by atoms with Gasteiger partial charge in [-0.15, -0.1) is 11.3 Å². The van der Waals surface area contributed by atoms with Crippen molar-refractivity contribution >= 4 is 45.2 Å². The van der Waals surface area contributed by atoms with E-state index < -0.39 is 0 Å². The summed E-state index contributed by atoms with van der Waals surface area (Å²) in [5.74, 6) is 0.552. The van der Waals surface area contributed by atoms with Crippen LogP contribution in [0.25, 0.3) is 0 Å². The molecule has 23 heavy (non-hydrogen) atoms. The minimum atomic E-state index is -0.341. The number of amides is 3. The fraction of sp³-hybridized carbons (Fsp3) is 0.500. The SMILES string of the molecule is CCNC(=NCCN1C(=O)CNC1=O)N(C)Cc1ccc(Br)s1. The van der Waals surface area contributed by atoms with Gasteiger partial charge in [0.05, 0.1) is 30.0 Å². The van der Waals surface area contributed by atoms with Gasteiger partial charge in [0.2, 0.25) is 5.91 Å². The van der Waals surface area contributed by atoms with Crippen LogP contribution in [0.3, 0.4) is 0 Å². The lowest BCUT2D eigenvalue weighted by molar-refractivity contribution is -0.124. The van der Waals surface area contributed by atoms with Crippen LogP contribution in [0.5, 0.6) is 0 Å². The van der Waals surface area contributed by atoms with Gasteiger partial charge in [-0.05, 0) is 35.0 Å². The fourth-order valence-corrected chi connectivity index (χ4v) is 3.69. The van der Waals surface area contributed by atoms with Crippen LogP contribution in [0.1, 0.15) is 11.8 Å². The highest BCUT2D eigenvalue weighted by molar-refractivity contribution is 9.11. The van der Waals surface area contributed by atoms with Crippen molar-refractivity contribution in [2.75, 3.05) is 33.2 Å². The third-order valence-electron chi connectivity index (χ3n) is 3.24. The number of thiophene rings is 1. The fourth-order valence-electron chi connectivity index (χ4n) is 2.15. The number of rotatable bonds is 6. The summed E-state index contributed by atoms with van der Waals surface area (Å²) in [6, 6.07) is 3.75. The number of imide groups is 1. The zero-order valence-electron chi connectivity index (χ0n) is 13.1. The van der Waals surface area contributed by atoms with Crippen LogP contribution in [0.2, 0.25) is 0 Å². The van der Waals surface area contributed by atoms with E-state index in [9.17, 15) is 9.59 Å². The number of carbonyl (C=O) groups excluding carboxylic acids is 2. The van der Waals surface area contributed by atoms with E-state index in [2.05, 4.69) is 37.6 Å². The zero-order valence-corrected chi connectivity index (χ0v) is 15.5. The van der Waals surface area contributed by atoms with Gasteiger partial charge in [0.25, 0.3) is 0 Å². The van der Waals surface area contributed by atoms with Gasteiger partial charge in [0.1, 0.15) is 0 Å². The zero-order chi connectivity index (χ0) is 16.8. The van der Waals surface area contributed by atoms with Crippen LogP contribution < -0.4 is 10.6 Å². The minimum Gasteiger partial charge on any atom is -0.357 e. The minimum absolute atomic E-state index is 0.0791. The van der Waals surface area contributed by atoms with Crippen molar-refractivity contribution < 1.29 is 9.59 Å². The summed E-state index contributed by atoms with van der Waals surface area (Å²) in [7, 11) is 1.96. The molecule has 1 aliphatic heterocycles. The summed E-state index contributed by atoms with van der Waals surface area (Å²) in [4.78, 5) is 31.9. The van der Waals surface area contributed by atoms with Crippen LogP contribution in [0.15, 0.2) is 20.9 Å². The molecule has 0 aliphatic carbocycles. The van der Waals surface area contributed by atoms with E-state index in [1.54, 1.807) is 11.3 Å². The van der Waals surface area contributed by atoms with E-state index >= 15 is 0 Å². The molecule has 9 heteroatoms. The summed E-state index contributed by atoms with van der Waals surface area (Å²) in [6.45, 7) is 4.24. The van der Waals surface area contributed by atoms with Gasteiger partial charge in [-0.25, -0.2) is 4.79 Å². The predicted molar refractivity (Wildman–Crippen MR) is 94.6 cm³/mol. The highest BCUT2D eigenvalue weighted by Gasteiger charge is 2.27. The van der Waals surface area contributed by atoms with Gasteiger partial charge in [0.15, 0.2) is 5.96 Å². The van der Waals surface area contributed by atoms with E-state index in [1.807, 2.05) is 24.9 Å². The second-order valence-corrected chi connectivity index (χ2v) is 7.55. The number of nitrogens with one attached hydrogen (secondary N) is 2. The standard InChI is InChI=1S/C14H20BrN5O2S/c1-3-16-13(19(2)9-10-4-5-11(15)23-10)17-6-7-20-12(21)8-18-14(20)22/h4-5H,3,6-9H2,1-2H3,(H,16,17)(H,18,22). The van der Waals surface area contributed by atoms with Gasteiger partial charge in [-0.2, -0.15) is 0 Å². The average Bonchev–Trinajstić information content (AvgIpc) is 3.05. The van der Waals surface area contributed by atoms with Crippen LogP contribution in [-0.4, -0.2) is 60.9 Å². The summed E-state index contributed by atoms with van der Waals surface area (Å²) >= 11 is 5.14. The summed E-state index contributed by atoms with van der Waals surface area (Å²) < 4.78 is 1.10. The molecule has 1 aromatic heterocycles. The van der Waals surface area contributed by atoms with Gasteiger partial charge in [0, 0.05) is 18.5 Å². The Morgan fingerprint density at radius 3 is 2.87 bits per heavy atom. The maximum absolute atomic E-state index is 11.5. The molecule has 0 aromatic carbocycles. The number of hydrogen-bond donors (Lipinski definition) is 2. The maximum Gasteiger partial charge on any atom is 0.324 e. The van der Waals surface area contributed by atoms with Crippen molar-refractivity contribution in [1.82, 2.24) is 20.4 Å². The topological polar surface area (TPSA) is 77.0 Å². The van der Waals surface area contributed by atoms with E-state index in [4.69, 9.17) is 0 Å². The Kier molecular flexibility index (Phi) is 6.40. The monoisotopic (exact) mass is 401 g/mol. The van der Waals surface area contributed by atoms with Crippen molar-refractivity contribution in [1.29, 1.82) is 0 Å². The number of aliphatic imine (C=N–C) groups is 1. The Morgan fingerprint density at radius 1 is 1.52 bits per heavy atom. The van der Waals surface area contributed by atoms with E-state index in [0.717, 1.165) is 22.8 Å². The Bertz CT molecular complexity index is 588. The molecule has 2 rings (SSSR count). The van der Waals surface area contributed by atoms with E-state index in [-0.39, 0.29) is 25.0 Å². The van der Waals surface area contributed by atoms with Crippen molar-refractivity contribution in [2.45, 2.75) is 13.5 Å². The van der Waals surface area contributed by atoms with Crippen LogP contribution in [0.4, 0.5) is 4.79 Å². The summed E-state index contributed by atoms with van der Waals surface area (Å²) in [5, 5.41) is 5.72. The summed E-state index contributed by atoms with van der Waals surface area (Å²) in [6.07, 6.45) is 0. The maximum atomic E-state index is 11.5. The smallest absolute Gasteiger partial charge is 0.324 e. The van der Waals surface area contributed by atoms with Crippen LogP contribution >= 0.6 is 27.3 Å². The van der Waals surface area contributed by atoms with Crippen molar-refractivity contribution in [2.24, 2.45) is 4.99 Å². The average molecular weight is 402 g/mol. The highest BCUT2D eigenvalue weighted by Crippen LogP contribution is 2.22. The van der Waals surface area contributed by atoms with Crippen molar-refractivity contribution in [3.8, 4) is 0 Å². The molecular formula is C14H20BrN5O2S. The lowest BCUT2D eigenvalue weighted by Gasteiger charge is -2.21. The molecule has 1 aromatic rings. The van der Waals surface area contributed by atoms with Crippen LogP contribution in [0, 0.1) is 0 Å². The first kappa shape index (κ1) is 17.7. The third-order valence-corrected chi connectivity index (χ3v) is 4.85. The molecule has 2 N–H and O–H groups in total. The number of hydrogen-bond acceptors (Lipinski definition) is 4. The van der Waals surface area contributed by atoms with E-state index in [0.29, 0.717) is 6.54 Å². The van der Waals surface area contributed by atoms with Crippen molar-refractivity contribution in [3.63, 3.8) is 0 Å². The molecule has 1 saturated heterocycles. The molecule has 0 radical (unpaired) electrons. The lowest BCUT2D eigenvalue weighted by atomic mass is 10.4. The van der Waals surface area contributed by atoms with Gasteiger partial charge < -0.3 is 15.5 Å². The molecule has 2 heterocycles. The highest BCUT2D eigenvalue weighted by atomic mass is 79.9. The number of guanidine groups is 1. The van der Waals surface area contributed by atoms with Crippen LogP contribution in [-0.2, 0) is 11.3 Å². The largest absolute Gasteiger partial charge is 0.357 e. The Hall–Kier alpha value is -1.61. The Labute approximate surface area is 147 Å². The molecule has 0 unspecified atom stereocenters. The molecule has 3 amide bonds. The second kappa shape index (κ2) is 8.30. The van der Waals surface area contributed by atoms with Gasteiger partial charge >= 0.3 is 6.03 Å². The van der Waals surface area contributed by atoms with E-state index in [1.165, 1.54) is 9.78 Å². The second-order valence-electron chi connectivity index (χ2n) is 5.00.